The Morgan fingerprint density at radius 3 is 2.96 bits per heavy atom. The van der Waals surface area contributed by atoms with E-state index in [-0.39, 0.29) is 24.7 Å². The minimum Gasteiger partial charge on any atom is -0.508 e. The summed E-state index contributed by atoms with van der Waals surface area (Å²) in [4.78, 5) is 16.3. The Hall–Kier alpha value is -3.32. The van der Waals surface area contributed by atoms with E-state index in [0.29, 0.717) is 27.6 Å². The maximum Gasteiger partial charge on any atom is 0.310 e. The normalized spacial score (nSPS) is 11.0. The van der Waals surface area contributed by atoms with E-state index in [0.717, 1.165) is 5.39 Å². The lowest BCUT2D eigenvalue weighted by molar-refractivity contribution is -0.144. The zero-order valence-corrected chi connectivity index (χ0v) is 14.6. The highest BCUT2D eigenvalue weighted by Crippen LogP contribution is 2.25. The van der Waals surface area contributed by atoms with Crippen molar-refractivity contribution < 1.29 is 23.6 Å². The van der Waals surface area contributed by atoms with Gasteiger partial charge >= 0.3 is 5.97 Å². The van der Waals surface area contributed by atoms with Crippen LogP contribution in [0.3, 0.4) is 0 Å². The Kier molecular flexibility index (Phi) is 4.52. The van der Waals surface area contributed by atoms with Crippen molar-refractivity contribution in [1.82, 2.24) is 10.1 Å². The third-order valence-electron chi connectivity index (χ3n) is 3.88. The van der Waals surface area contributed by atoms with Gasteiger partial charge in [0.25, 0.3) is 5.89 Å². The van der Waals surface area contributed by atoms with Crippen LogP contribution in [0.15, 0.2) is 57.7 Å². The number of ether oxygens (including phenoxy) is 1. The summed E-state index contributed by atoms with van der Waals surface area (Å²) >= 11 is 5.94. The summed E-state index contributed by atoms with van der Waals surface area (Å²) in [7, 11) is 0. The summed E-state index contributed by atoms with van der Waals surface area (Å²) in [5, 5.41) is 14.6. The molecule has 136 valence electrons. The fraction of sp³-hybridized carbons (Fsp3) is 0.105. The molecule has 0 saturated heterocycles. The highest BCUT2D eigenvalue weighted by molar-refractivity contribution is 6.30. The van der Waals surface area contributed by atoms with Gasteiger partial charge in [0.1, 0.15) is 11.3 Å². The first-order valence-corrected chi connectivity index (χ1v) is 8.39. The largest absolute Gasteiger partial charge is 0.508 e. The molecule has 0 saturated carbocycles. The van der Waals surface area contributed by atoms with E-state index in [4.69, 9.17) is 25.3 Å². The third-order valence-corrected chi connectivity index (χ3v) is 4.12. The molecular formula is C19H13ClN2O5. The van der Waals surface area contributed by atoms with Crippen LogP contribution < -0.4 is 0 Å². The molecule has 4 aromatic rings. The number of rotatable bonds is 5. The highest BCUT2D eigenvalue weighted by Gasteiger charge is 2.14. The number of phenols is 1. The smallest absolute Gasteiger partial charge is 0.310 e. The summed E-state index contributed by atoms with van der Waals surface area (Å²) in [5.74, 6) is 0.177. The maximum absolute atomic E-state index is 12.1. The van der Waals surface area contributed by atoms with Gasteiger partial charge in [0.2, 0.25) is 5.82 Å². The van der Waals surface area contributed by atoms with Crippen LogP contribution in [0, 0.1) is 0 Å². The predicted octanol–water partition coefficient (Wildman–Crippen LogP) is 4.13. The average molecular weight is 385 g/mol. The summed E-state index contributed by atoms with van der Waals surface area (Å²) < 4.78 is 15.6. The van der Waals surface area contributed by atoms with Crippen LogP contribution >= 0.6 is 11.6 Å². The quantitative estimate of drug-likeness (QED) is 0.516. The van der Waals surface area contributed by atoms with E-state index >= 15 is 0 Å². The molecule has 0 bridgehead atoms. The Morgan fingerprint density at radius 1 is 1.22 bits per heavy atom. The number of phenolic OH excluding ortho intramolecular Hbond substituents is 1. The fourth-order valence-corrected chi connectivity index (χ4v) is 2.81. The lowest BCUT2D eigenvalue weighted by Crippen LogP contribution is -2.07. The van der Waals surface area contributed by atoms with E-state index in [2.05, 4.69) is 10.1 Å². The zero-order chi connectivity index (χ0) is 18.8. The second-order valence-electron chi connectivity index (χ2n) is 5.80. The Morgan fingerprint density at radius 2 is 2.11 bits per heavy atom. The molecule has 4 rings (SSSR count). The summed E-state index contributed by atoms with van der Waals surface area (Å²) in [5.41, 5.74) is 1.87. The molecule has 8 heteroatoms. The number of esters is 1. The van der Waals surface area contributed by atoms with Crippen molar-refractivity contribution in [3.63, 3.8) is 0 Å². The number of aromatic nitrogens is 2. The van der Waals surface area contributed by atoms with Gasteiger partial charge in [0.15, 0.2) is 6.61 Å². The predicted molar refractivity (Wildman–Crippen MR) is 96.1 cm³/mol. The Labute approximate surface area is 158 Å². The molecule has 2 aromatic carbocycles. The van der Waals surface area contributed by atoms with Crippen LogP contribution in [-0.4, -0.2) is 21.2 Å². The van der Waals surface area contributed by atoms with E-state index in [1.54, 1.807) is 30.3 Å². The van der Waals surface area contributed by atoms with Gasteiger partial charge in [-0.3, -0.25) is 4.79 Å². The number of nitrogens with zero attached hydrogens (tertiary/aromatic N) is 2. The van der Waals surface area contributed by atoms with Gasteiger partial charge in [0.05, 0.1) is 12.7 Å². The molecule has 1 N–H and O–H groups in total. The highest BCUT2D eigenvalue weighted by atomic mass is 35.5. The number of hydrogen-bond donors (Lipinski definition) is 1. The maximum atomic E-state index is 12.1. The number of carbonyl (C=O) groups excluding carboxylic acids is 1. The van der Waals surface area contributed by atoms with Crippen LogP contribution in [0.4, 0.5) is 0 Å². The van der Waals surface area contributed by atoms with Crippen molar-refractivity contribution in [1.29, 1.82) is 0 Å². The van der Waals surface area contributed by atoms with Gasteiger partial charge in [0, 0.05) is 27.6 Å². The number of benzene rings is 2. The van der Waals surface area contributed by atoms with Crippen LogP contribution in [0.5, 0.6) is 5.75 Å². The minimum atomic E-state index is -0.465. The van der Waals surface area contributed by atoms with E-state index < -0.39 is 5.97 Å². The zero-order valence-electron chi connectivity index (χ0n) is 13.9. The molecular weight excluding hydrogens is 372 g/mol. The second kappa shape index (κ2) is 7.13. The number of aromatic hydroxyl groups is 1. The molecule has 0 aliphatic heterocycles. The lowest BCUT2D eigenvalue weighted by Gasteiger charge is -2.00. The van der Waals surface area contributed by atoms with Crippen molar-refractivity contribution in [2.24, 2.45) is 0 Å². The molecule has 2 aromatic heterocycles. The summed E-state index contributed by atoms with van der Waals surface area (Å²) in [6.07, 6.45) is 1.49. The molecule has 0 atom stereocenters. The van der Waals surface area contributed by atoms with E-state index in [1.165, 1.54) is 18.4 Å². The van der Waals surface area contributed by atoms with E-state index in [9.17, 15) is 9.90 Å². The van der Waals surface area contributed by atoms with Gasteiger partial charge in [-0.2, -0.15) is 4.98 Å². The molecule has 2 heterocycles. The standard InChI is InChI=1S/C19H13ClN2O5/c20-13-3-1-2-11(6-13)19-21-17(27-22-19)10-26-18(24)7-12-9-25-16-8-14(23)4-5-15(12)16/h1-6,8-9,23H,7,10H2. The first kappa shape index (κ1) is 17.1. The number of halogens is 1. The summed E-state index contributed by atoms with van der Waals surface area (Å²) in [6, 6.07) is 11.7. The minimum absolute atomic E-state index is 0.0209. The van der Waals surface area contributed by atoms with Crippen molar-refractivity contribution >= 4 is 28.5 Å². The molecule has 0 aliphatic carbocycles. The first-order valence-electron chi connectivity index (χ1n) is 8.02. The van der Waals surface area contributed by atoms with Crippen LogP contribution in [-0.2, 0) is 22.6 Å². The monoisotopic (exact) mass is 384 g/mol. The van der Waals surface area contributed by atoms with Crippen molar-refractivity contribution in [2.75, 3.05) is 0 Å². The molecule has 0 spiro atoms. The average Bonchev–Trinajstić information content (AvgIpc) is 3.27. The fourth-order valence-electron chi connectivity index (χ4n) is 2.62. The van der Waals surface area contributed by atoms with Crippen molar-refractivity contribution in [3.8, 4) is 17.1 Å². The van der Waals surface area contributed by atoms with E-state index in [1.807, 2.05) is 0 Å². The number of carbonyl (C=O) groups is 1. The number of hydrogen-bond acceptors (Lipinski definition) is 7. The summed E-state index contributed by atoms with van der Waals surface area (Å²) in [6.45, 7) is -0.136. The van der Waals surface area contributed by atoms with Crippen LogP contribution in [0.25, 0.3) is 22.4 Å². The molecule has 27 heavy (non-hydrogen) atoms. The van der Waals surface area contributed by atoms with Crippen LogP contribution in [0.2, 0.25) is 5.02 Å². The Balaban J connectivity index is 1.39. The lowest BCUT2D eigenvalue weighted by atomic mass is 10.1. The topological polar surface area (TPSA) is 98.6 Å². The molecule has 0 radical (unpaired) electrons. The number of furan rings is 1. The molecule has 0 amide bonds. The Bertz CT molecular complexity index is 1120. The van der Waals surface area contributed by atoms with Crippen LogP contribution in [0.1, 0.15) is 11.5 Å². The third kappa shape index (κ3) is 3.78. The van der Waals surface area contributed by atoms with Crippen molar-refractivity contribution in [3.05, 3.63) is 65.2 Å². The van der Waals surface area contributed by atoms with Gasteiger partial charge < -0.3 is 18.8 Å². The first-order chi connectivity index (χ1) is 13.1. The van der Waals surface area contributed by atoms with Gasteiger partial charge in [-0.15, -0.1) is 0 Å². The van der Waals surface area contributed by atoms with Gasteiger partial charge in [-0.05, 0) is 24.3 Å². The molecule has 0 fully saturated rings. The van der Waals surface area contributed by atoms with Gasteiger partial charge in [-0.1, -0.05) is 28.9 Å². The molecule has 7 nitrogen and oxygen atoms in total. The molecule has 0 aliphatic rings. The van der Waals surface area contributed by atoms with Gasteiger partial charge in [-0.25, -0.2) is 0 Å². The van der Waals surface area contributed by atoms with Crippen molar-refractivity contribution in [2.45, 2.75) is 13.0 Å². The SMILES string of the molecule is O=C(Cc1coc2cc(O)ccc12)OCc1nc(-c2cccc(Cl)c2)no1. The second-order valence-corrected chi connectivity index (χ2v) is 6.24. The molecule has 0 unspecified atom stereocenters. The number of fused-ring (bicyclic) bond motifs is 1.